The van der Waals surface area contributed by atoms with E-state index in [1.54, 1.807) is 0 Å². The Morgan fingerprint density at radius 3 is 1.56 bits per heavy atom. The molecule has 2 heteroatoms. The van der Waals surface area contributed by atoms with Gasteiger partial charge in [-0.1, -0.05) is 0 Å². The van der Waals surface area contributed by atoms with Gasteiger partial charge in [0.25, 0.3) is 0 Å². The summed E-state index contributed by atoms with van der Waals surface area (Å²) in [6.07, 6.45) is 7.97. The standard InChI is InChI=1S/C4H5O.3C4H9.Sn/c1-3-4-5-2;3*1-3-4-2;/h1H2,2H3;3*1,3-4H2,2H3;. The fourth-order valence-electron chi connectivity index (χ4n) is 2.74. The number of hydrogen-bond donors (Lipinski definition) is 0. The van der Waals surface area contributed by atoms with Crippen LogP contribution in [0.3, 0.4) is 0 Å². The molecule has 0 spiro atoms. The van der Waals surface area contributed by atoms with Crippen LogP contribution in [0.4, 0.5) is 0 Å². The van der Waals surface area contributed by atoms with Crippen molar-refractivity contribution in [2.45, 2.75) is 72.6 Å². The Labute approximate surface area is 119 Å². The number of methoxy groups -OCH3 is 1. The summed E-state index contributed by atoms with van der Waals surface area (Å²) >= 11 is -2.32. The van der Waals surface area contributed by atoms with Gasteiger partial charge in [0, 0.05) is 0 Å². The molecule has 0 aliphatic heterocycles. The van der Waals surface area contributed by atoms with Crippen LogP contribution in [0, 0.1) is 0 Å². The topological polar surface area (TPSA) is 9.23 Å². The van der Waals surface area contributed by atoms with Crippen molar-refractivity contribution in [3.63, 3.8) is 0 Å². The first kappa shape index (κ1) is 18.1. The van der Waals surface area contributed by atoms with Crippen molar-refractivity contribution >= 4 is 18.4 Å². The quantitative estimate of drug-likeness (QED) is 0.262. The summed E-state index contributed by atoms with van der Waals surface area (Å²) in [5.74, 6) is 0. The van der Waals surface area contributed by atoms with Crippen molar-refractivity contribution in [3.05, 3.63) is 16.1 Å². The van der Waals surface area contributed by atoms with Crippen LogP contribution in [0.15, 0.2) is 16.1 Å². The molecule has 0 N–H and O–H groups in total. The molecule has 0 saturated heterocycles. The normalized spacial score (nSPS) is 11.1. The molecular weight excluding hydrogens is 327 g/mol. The summed E-state index contributed by atoms with van der Waals surface area (Å²) < 4.78 is 11.2. The predicted octanol–water partition coefficient (Wildman–Crippen LogP) is 5.69. The monoisotopic (exact) mass is 360 g/mol. The maximum absolute atomic E-state index is 5.69. The van der Waals surface area contributed by atoms with E-state index < -0.39 is 18.4 Å². The Balaban J connectivity index is 5.02. The Morgan fingerprint density at radius 1 is 0.944 bits per heavy atom. The van der Waals surface area contributed by atoms with E-state index in [2.05, 4.69) is 33.1 Å². The number of ether oxygens (including phenoxy) is 1. The van der Waals surface area contributed by atoms with Crippen LogP contribution < -0.4 is 0 Å². The van der Waals surface area contributed by atoms with E-state index in [4.69, 9.17) is 4.74 Å². The second kappa shape index (κ2) is 11.0. The third kappa shape index (κ3) is 5.84. The van der Waals surface area contributed by atoms with Gasteiger partial charge < -0.3 is 0 Å². The molecule has 0 aliphatic rings. The molecule has 0 aromatic rings. The first-order valence-electron chi connectivity index (χ1n) is 7.65. The van der Waals surface area contributed by atoms with Crippen LogP contribution in [0.1, 0.15) is 59.3 Å². The van der Waals surface area contributed by atoms with Crippen LogP contribution in [0.5, 0.6) is 0 Å². The molecule has 106 valence electrons. The van der Waals surface area contributed by atoms with E-state index in [1.165, 1.54) is 55.6 Å². The van der Waals surface area contributed by atoms with E-state index in [1.807, 2.05) is 7.11 Å². The average Bonchev–Trinajstić information content (AvgIpc) is 2.41. The molecule has 0 amide bonds. The first-order valence-corrected chi connectivity index (χ1v) is 15.1. The van der Waals surface area contributed by atoms with Crippen LogP contribution in [0.2, 0.25) is 13.3 Å². The molecule has 0 atom stereocenters. The van der Waals surface area contributed by atoms with Gasteiger partial charge in [-0.05, 0) is 0 Å². The zero-order valence-corrected chi connectivity index (χ0v) is 15.8. The van der Waals surface area contributed by atoms with Gasteiger partial charge in [0.1, 0.15) is 0 Å². The zero-order valence-electron chi connectivity index (χ0n) is 13.0. The van der Waals surface area contributed by atoms with E-state index in [0.717, 1.165) is 0 Å². The van der Waals surface area contributed by atoms with E-state index in [9.17, 15) is 0 Å². The van der Waals surface area contributed by atoms with Gasteiger partial charge in [0.05, 0.1) is 0 Å². The van der Waals surface area contributed by atoms with Crippen LogP contribution >= 0.6 is 0 Å². The molecule has 0 aromatic heterocycles. The molecule has 0 aliphatic carbocycles. The van der Waals surface area contributed by atoms with Crippen molar-refractivity contribution in [1.82, 2.24) is 0 Å². The maximum atomic E-state index is 5.69. The van der Waals surface area contributed by atoms with Crippen LogP contribution in [0.25, 0.3) is 0 Å². The molecule has 0 fully saturated rings. The van der Waals surface area contributed by atoms with Crippen molar-refractivity contribution in [1.29, 1.82) is 0 Å². The third-order valence-electron chi connectivity index (χ3n) is 3.87. The molecule has 0 rings (SSSR count). The molecule has 0 bridgehead atoms. The third-order valence-corrected chi connectivity index (χ3v) is 18.9. The van der Waals surface area contributed by atoms with Crippen molar-refractivity contribution in [3.8, 4) is 0 Å². The van der Waals surface area contributed by atoms with Gasteiger partial charge in [0.15, 0.2) is 0 Å². The average molecular weight is 359 g/mol. The minimum atomic E-state index is -2.32. The fraction of sp³-hybridized carbons (Fsp3) is 0.812. The summed E-state index contributed by atoms with van der Waals surface area (Å²) in [5.41, 5.74) is 3.16. The predicted molar refractivity (Wildman–Crippen MR) is 84.6 cm³/mol. The molecule has 0 unspecified atom stereocenters. The van der Waals surface area contributed by atoms with E-state index in [0.29, 0.717) is 0 Å². The molecule has 0 saturated carbocycles. The second-order valence-corrected chi connectivity index (χ2v) is 18.2. The molecule has 0 aromatic carbocycles. The van der Waals surface area contributed by atoms with Gasteiger partial charge >= 0.3 is 119 Å². The molecule has 0 heterocycles. The Morgan fingerprint density at radius 2 is 1.33 bits per heavy atom. The van der Waals surface area contributed by atoms with E-state index >= 15 is 0 Å². The van der Waals surface area contributed by atoms with Crippen LogP contribution in [-0.4, -0.2) is 25.5 Å². The fourth-order valence-corrected chi connectivity index (χ4v) is 18.0. The number of hydrogen-bond acceptors (Lipinski definition) is 1. The van der Waals surface area contributed by atoms with Gasteiger partial charge in [-0.2, -0.15) is 0 Å². The van der Waals surface area contributed by atoms with Gasteiger partial charge in [-0.25, -0.2) is 0 Å². The number of unbranched alkanes of at least 4 members (excludes halogenated alkanes) is 3. The zero-order chi connectivity index (χ0) is 13.9. The summed E-state index contributed by atoms with van der Waals surface area (Å²) in [6, 6.07) is 0. The van der Waals surface area contributed by atoms with Gasteiger partial charge in [-0.15, -0.1) is 0 Å². The van der Waals surface area contributed by atoms with Crippen molar-refractivity contribution < 1.29 is 4.74 Å². The Kier molecular flexibility index (Phi) is 11.1. The summed E-state index contributed by atoms with van der Waals surface area (Å²) in [4.78, 5) is 0. The Hall–Kier alpha value is 0.119. The molecule has 1 nitrogen and oxygen atoms in total. The van der Waals surface area contributed by atoms with Crippen molar-refractivity contribution in [2.24, 2.45) is 0 Å². The molecule has 18 heavy (non-hydrogen) atoms. The van der Waals surface area contributed by atoms with E-state index in [-0.39, 0.29) is 0 Å². The minimum absolute atomic E-state index is 1.21. The number of rotatable bonds is 11. The Bertz CT molecular complexity index is 232. The molecule has 0 radical (unpaired) electrons. The first-order chi connectivity index (χ1) is 8.70. The summed E-state index contributed by atoms with van der Waals surface area (Å²) in [6.45, 7) is 10.8. The SMILES string of the molecule is C=C=[C](OC)[Sn]([CH2]CCC)([CH2]CCC)[CH2]CCC. The second-order valence-electron chi connectivity index (χ2n) is 5.30. The summed E-state index contributed by atoms with van der Waals surface area (Å²) in [7, 11) is 1.82. The van der Waals surface area contributed by atoms with Gasteiger partial charge in [0.2, 0.25) is 0 Å². The van der Waals surface area contributed by atoms with Crippen LogP contribution in [-0.2, 0) is 4.74 Å². The van der Waals surface area contributed by atoms with Gasteiger partial charge in [-0.3, -0.25) is 0 Å². The summed E-state index contributed by atoms with van der Waals surface area (Å²) in [5, 5.41) is 0. The molecular formula is C16H32OSn. The van der Waals surface area contributed by atoms with Crippen molar-refractivity contribution in [2.75, 3.05) is 7.11 Å².